The Balaban J connectivity index is 1.64. The molecular formula is C29H41N3O8. The molecule has 4 rings (SSSR count). The van der Waals surface area contributed by atoms with Crippen LogP contribution in [-0.2, 0) is 35.1 Å². The van der Waals surface area contributed by atoms with Gasteiger partial charge in [-0.05, 0) is 43.9 Å². The van der Waals surface area contributed by atoms with Crippen molar-refractivity contribution in [2.45, 2.75) is 66.2 Å². The molecule has 0 saturated carbocycles. The molecule has 0 unspecified atom stereocenters. The zero-order chi connectivity index (χ0) is 29.2. The highest BCUT2D eigenvalue weighted by Crippen LogP contribution is 2.52. The van der Waals surface area contributed by atoms with E-state index in [1.54, 1.807) is 33.8 Å². The fourth-order valence-corrected chi connectivity index (χ4v) is 5.86. The number of furan rings is 1. The number of hydrogen-bond acceptors (Lipinski definition) is 8. The minimum Gasteiger partial charge on any atom is -0.468 e. The van der Waals surface area contributed by atoms with E-state index in [9.17, 15) is 19.2 Å². The van der Waals surface area contributed by atoms with Crippen LogP contribution in [-0.4, -0.2) is 90.7 Å². The summed E-state index contributed by atoms with van der Waals surface area (Å²) in [5.74, 6) is -1.18. The largest absolute Gasteiger partial charge is 0.468 e. The number of carbonyl (C=O) groups excluding carboxylic acids is 4. The number of piperidine rings is 1. The maximum absolute atomic E-state index is 14.1. The molecule has 0 aromatic carbocycles. The Hall–Kier alpha value is -3.34. The third-order valence-electron chi connectivity index (χ3n) is 8.16. The second-order valence-corrected chi connectivity index (χ2v) is 11.8. The number of rotatable bonds is 6. The average Bonchev–Trinajstić information content (AvgIpc) is 3.43. The molecule has 40 heavy (non-hydrogen) atoms. The molecule has 1 aromatic heterocycles. The number of amides is 3. The van der Waals surface area contributed by atoms with Crippen molar-refractivity contribution in [2.24, 2.45) is 16.7 Å². The second kappa shape index (κ2) is 11.6. The van der Waals surface area contributed by atoms with Crippen LogP contribution in [0.15, 0.2) is 34.6 Å². The summed E-state index contributed by atoms with van der Waals surface area (Å²) in [7, 11) is 1.33. The summed E-state index contributed by atoms with van der Waals surface area (Å²) in [4.78, 5) is 58.0. The van der Waals surface area contributed by atoms with Gasteiger partial charge in [-0.25, -0.2) is 4.79 Å². The fourth-order valence-electron chi connectivity index (χ4n) is 5.86. The number of methoxy groups -OCH3 is 1. The third-order valence-corrected chi connectivity index (χ3v) is 8.16. The van der Waals surface area contributed by atoms with Crippen molar-refractivity contribution in [1.29, 1.82) is 0 Å². The lowest BCUT2D eigenvalue weighted by molar-refractivity contribution is -0.181. The maximum atomic E-state index is 14.1. The van der Waals surface area contributed by atoms with Gasteiger partial charge in [-0.1, -0.05) is 20.8 Å². The highest BCUT2D eigenvalue weighted by molar-refractivity contribution is 5.92. The van der Waals surface area contributed by atoms with Gasteiger partial charge in [0.25, 0.3) is 0 Å². The van der Waals surface area contributed by atoms with Gasteiger partial charge in [0.15, 0.2) is 0 Å². The van der Waals surface area contributed by atoms with Gasteiger partial charge in [0, 0.05) is 44.2 Å². The molecule has 2 saturated heterocycles. The number of nitrogens with zero attached hydrogens (tertiary/aromatic N) is 3. The number of piperazine rings is 1. The van der Waals surface area contributed by atoms with Crippen LogP contribution in [0, 0.1) is 16.7 Å². The van der Waals surface area contributed by atoms with E-state index in [4.69, 9.17) is 18.6 Å². The van der Waals surface area contributed by atoms with E-state index in [2.05, 4.69) is 0 Å². The van der Waals surface area contributed by atoms with Crippen molar-refractivity contribution in [1.82, 2.24) is 14.7 Å². The van der Waals surface area contributed by atoms with Crippen LogP contribution in [0.1, 0.15) is 53.2 Å². The van der Waals surface area contributed by atoms with Crippen LogP contribution in [0.5, 0.6) is 0 Å². The molecule has 0 aliphatic carbocycles. The Bertz CT molecular complexity index is 1130. The molecule has 2 fully saturated rings. The molecule has 11 nitrogen and oxygen atoms in total. The summed E-state index contributed by atoms with van der Waals surface area (Å²) >= 11 is 0. The Kier molecular flexibility index (Phi) is 8.63. The molecule has 220 valence electrons. The Morgan fingerprint density at radius 3 is 2.38 bits per heavy atom. The van der Waals surface area contributed by atoms with Crippen molar-refractivity contribution >= 4 is 23.9 Å². The number of fused-ring (bicyclic) bond motifs is 1. The topological polar surface area (TPSA) is 119 Å². The Morgan fingerprint density at radius 1 is 1.12 bits per heavy atom. The highest BCUT2D eigenvalue weighted by Gasteiger charge is 2.60. The van der Waals surface area contributed by atoms with Crippen molar-refractivity contribution in [2.75, 3.05) is 39.9 Å². The smallest absolute Gasteiger partial charge is 0.409 e. The molecule has 0 bridgehead atoms. The molecule has 0 radical (unpaired) electrons. The SMILES string of the molecule is CCOC(=O)N1CCN(C(=O)C[C@H]2C[C@]3(C(=O)OC)C(=C[C@@H](C(C)(C)C)O[C@H]3C)N(Cc3ccco3)C2=O)CC1. The predicted octanol–water partition coefficient (Wildman–Crippen LogP) is 3.20. The standard InChI is InChI=1S/C29H41N3O8/c1-7-38-27(36)31-12-10-30(11-13-31)24(33)15-20-17-29(26(35)37-6)19(2)40-23(28(3,4)5)16-22(29)32(25(20)34)18-21-9-8-14-39-21/h8-9,14,16,19-20,23H,7,10-13,15,17-18H2,1-6H3/t19-,20-,23-,29+/m0/s1. The van der Waals surface area contributed by atoms with Gasteiger partial charge in [-0.3, -0.25) is 14.4 Å². The quantitative estimate of drug-likeness (QED) is 0.488. The highest BCUT2D eigenvalue weighted by atomic mass is 16.6. The summed E-state index contributed by atoms with van der Waals surface area (Å²) in [6, 6.07) is 3.52. The van der Waals surface area contributed by atoms with E-state index < -0.39 is 29.5 Å². The zero-order valence-corrected chi connectivity index (χ0v) is 24.3. The van der Waals surface area contributed by atoms with E-state index in [1.807, 2.05) is 33.8 Å². The molecule has 3 aliphatic rings. The van der Waals surface area contributed by atoms with Gasteiger partial charge >= 0.3 is 12.1 Å². The zero-order valence-electron chi connectivity index (χ0n) is 24.3. The summed E-state index contributed by atoms with van der Waals surface area (Å²) in [6.45, 7) is 11.5. The fraction of sp³-hybridized carbons (Fsp3) is 0.655. The number of ether oxygens (including phenoxy) is 3. The summed E-state index contributed by atoms with van der Waals surface area (Å²) in [5, 5.41) is 0. The van der Waals surface area contributed by atoms with Crippen molar-refractivity contribution < 1.29 is 37.8 Å². The average molecular weight is 560 g/mol. The second-order valence-electron chi connectivity index (χ2n) is 11.8. The van der Waals surface area contributed by atoms with Crippen molar-refractivity contribution in [3.63, 3.8) is 0 Å². The summed E-state index contributed by atoms with van der Waals surface area (Å²) < 4.78 is 22.4. The van der Waals surface area contributed by atoms with E-state index in [1.165, 1.54) is 13.4 Å². The number of likely N-dealkylation sites (tertiary alicyclic amines) is 1. The molecule has 4 atom stereocenters. The third kappa shape index (κ3) is 5.61. The molecule has 3 amide bonds. The van der Waals surface area contributed by atoms with E-state index in [-0.39, 0.29) is 49.3 Å². The van der Waals surface area contributed by atoms with E-state index in [0.717, 1.165) is 0 Å². The van der Waals surface area contributed by atoms with Crippen LogP contribution in [0.25, 0.3) is 0 Å². The molecule has 0 spiro atoms. The monoisotopic (exact) mass is 559 g/mol. The molecule has 4 heterocycles. The minimum atomic E-state index is -1.27. The summed E-state index contributed by atoms with van der Waals surface area (Å²) in [5.41, 5.74) is -1.03. The van der Waals surface area contributed by atoms with Crippen LogP contribution in [0.3, 0.4) is 0 Å². The molecule has 1 aromatic rings. The minimum absolute atomic E-state index is 0.0751. The van der Waals surface area contributed by atoms with Gasteiger partial charge < -0.3 is 33.3 Å². The number of esters is 1. The molecule has 11 heteroatoms. The Labute approximate surface area is 235 Å². The van der Waals surface area contributed by atoms with Gasteiger partial charge in [0.1, 0.15) is 11.2 Å². The van der Waals surface area contributed by atoms with Gasteiger partial charge in [-0.2, -0.15) is 0 Å². The van der Waals surface area contributed by atoms with Gasteiger partial charge in [-0.15, -0.1) is 0 Å². The Morgan fingerprint density at radius 2 is 1.80 bits per heavy atom. The lowest BCUT2D eigenvalue weighted by Crippen LogP contribution is -2.61. The lowest BCUT2D eigenvalue weighted by atomic mass is 9.65. The van der Waals surface area contributed by atoms with E-state index >= 15 is 0 Å². The first-order valence-corrected chi connectivity index (χ1v) is 13.9. The summed E-state index contributed by atoms with van der Waals surface area (Å²) in [6.07, 6.45) is 2.06. The van der Waals surface area contributed by atoms with Crippen LogP contribution >= 0.6 is 0 Å². The van der Waals surface area contributed by atoms with Gasteiger partial charge in [0.05, 0.1) is 38.7 Å². The van der Waals surface area contributed by atoms with Crippen LogP contribution in [0.4, 0.5) is 4.79 Å². The van der Waals surface area contributed by atoms with Gasteiger partial charge in [0.2, 0.25) is 11.8 Å². The number of carbonyl (C=O) groups is 4. The first-order valence-electron chi connectivity index (χ1n) is 13.9. The molecule has 3 aliphatic heterocycles. The first-order chi connectivity index (χ1) is 18.9. The molecule has 0 N–H and O–H groups in total. The number of hydrogen-bond donors (Lipinski definition) is 0. The molecular weight excluding hydrogens is 518 g/mol. The normalized spacial score (nSPS) is 27.1. The van der Waals surface area contributed by atoms with Crippen molar-refractivity contribution in [3.05, 3.63) is 35.9 Å². The lowest BCUT2D eigenvalue weighted by Gasteiger charge is -2.52. The van der Waals surface area contributed by atoms with E-state index in [0.29, 0.717) is 37.6 Å². The van der Waals surface area contributed by atoms with Crippen molar-refractivity contribution in [3.8, 4) is 0 Å². The predicted molar refractivity (Wildman–Crippen MR) is 143 cm³/mol. The first kappa shape index (κ1) is 29.6. The van der Waals surface area contributed by atoms with Crippen LogP contribution < -0.4 is 0 Å². The maximum Gasteiger partial charge on any atom is 0.409 e. The van der Waals surface area contributed by atoms with Crippen LogP contribution in [0.2, 0.25) is 0 Å².